The highest BCUT2D eigenvalue weighted by molar-refractivity contribution is 5.73. The van der Waals surface area contributed by atoms with Crippen molar-refractivity contribution in [1.82, 2.24) is 4.90 Å². The van der Waals surface area contributed by atoms with Crippen molar-refractivity contribution >= 4 is 12.1 Å². The van der Waals surface area contributed by atoms with Gasteiger partial charge in [0.05, 0.1) is 6.04 Å². The predicted molar refractivity (Wildman–Crippen MR) is 112 cm³/mol. The first kappa shape index (κ1) is 23.0. The second kappa shape index (κ2) is 13.2. The lowest BCUT2D eigenvalue weighted by molar-refractivity contribution is -0.105. The number of nitriles is 1. The van der Waals surface area contributed by atoms with Crippen molar-refractivity contribution in [3.05, 3.63) is 29.8 Å². The molecule has 1 aromatic carbocycles. The molecule has 1 aliphatic heterocycles. The normalized spacial score (nSPS) is 23.4. The number of para-hydroxylation sites is 1. The van der Waals surface area contributed by atoms with Gasteiger partial charge in [-0.2, -0.15) is 5.26 Å². The molecular formula is C22H36N4O. The third kappa shape index (κ3) is 6.55. The van der Waals surface area contributed by atoms with Crippen LogP contribution in [0.25, 0.3) is 0 Å². The zero-order chi connectivity index (χ0) is 20.1. The largest absolute Gasteiger partial charge is 0.330 e. The number of amides is 1. The number of rotatable bonds is 4. The molecule has 0 aromatic heterocycles. The first-order valence-electron chi connectivity index (χ1n) is 10.4. The highest BCUT2D eigenvalue weighted by Gasteiger charge is 2.37. The molecule has 3 unspecified atom stereocenters. The molecule has 2 fully saturated rings. The highest BCUT2D eigenvalue weighted by Crippen LogP contribution is 2.44. The minimum atomic E-state index is 0.0954. The van der Waals surface area contributed by atoms with Crippen LogP contribution in [0.5, 0.6) is 0 Å². The standard InChI is InChI=1S/C17H21N3O.C3H9N.C2H6/c18-11-20-10-14-6-2-1-5-13(14)9-17(20)15-7-3-4-8-16(15)19-12-21;1-2-3-4;1-2/h3-4,7-8,12-14,17H,1-2,5-6,9-10H2,(H,19,21);2-4H2,1H3;1-2H3. The molecule has 2 aliphatic rings. The van der Waals surface area contributed by atoms with Gasteiger partial charge in [0.1, 0.15) is 0 Å². The van der Waals surface area contributed by atoms with E-state index in [4.69, 9.17) is 5.73 Å². The van der Waals surface area contributed by atoms with Crippen molar-refractivity contribution in [3.8, 4) is 6.19 Å². The Bertz CT molecular complexity index is 582. The maximum Gasteiger partial charge on any atom is 0.211 e. The lowest BCUT2D eigenvalue weighted by Gasteiger charge is -2.44. The third-order valence-corrected chi connectivity index (χ3v) is 5.35. The molecule has 0 spiro atoms. The van der Waals surface area contributed by atoms with Gasteiger partial charge < -0.3 is 16.0 Å². The number of nitrogens with two attached hydrogens (primary N) is 1. The van der Waals surface area contributed by atoms with Crippen LogP contribution in [-0.4, -0.2) is 24.4 Å². The zero-order valence-electron chi connectivity index (χ0n) is 17.2. The average Bonchev–Trinajstić information content (AvgIpc) is 2.75. The van der Waals surface area contributed by atoms with Crippen molar-refractivity contribution in [2.45, 2.75) is 65.3 Å². The van der Waals surface area contributed by atoms with E-state index in [0.717, 1.165) is 43.1 Å². The van der Waals surface area contributed by atoms with Crippen LogP contribution in [-0.2, 0) is 4.79 Å². The number of nitrogens with one attached hydrogen (secondary N) is 1. The summed E-state index contributed by atoms with van der Waals surface area (Å²) in [5, 5.41) is 12.3. The molecule has 1 aromatic rings. The van der Waals surface area contributed by atoms with E-state index in [1.807, 2.05) is 43.0 Å². The molecule has 0 radical (unpaired) electrons. The molecule has 1 amide bonds. The Morgan fingerprint density at radius 3 is 2.48 bits per heavy atom. The van der Waals surface area contributed by atoms with Crippen LogP contribution < -0.4 is 11.1 Å². The first-order valence-corrected chi connectivity index (χ1v) is 10.4. The summed E-state index contributed by atoms with van der Waals surface area (Å²) in [7, 11) is 0. The maximum atomic E-state index is 10.8. The Labute approximate surface area is 164 Å². The number of likely N-dealkylation sites (tertiary alicyclic amines) is 1. The zero-order valence-corrected chi connectivity index (χ0v) is 17.2. The molecule has 27 heavy (non-hydrogen) atoms. The summed E-state index contributed by atoms with van der Waals surface area (Å²) in [4.78, 5) is 12.7. The number of hydrogen-bond acceptors (Lipinski definition) is 4. The summed E-state index contributed by atoms with van der Waals surface area (Å²) >= 11 is 0. The van der Waals surface area contributed by atoms with Crippen LogP contribution in [0.2, 0.25) is 0 Å². The predicted octanol–water partition coefficient (Wildman–Crippen LogP) is 4.67. The van der Waals surface area contributed by atoms with Crippen LogP contribution in [0.4, 0.5) is 5.69 Å². The molecule has 0 bridgehead atoms. The van der Waals surface area contributed by atoms with Gasteiger partial charge in [0, 0.05) is 12.2 Å². The molecule has 3 atom stereocenters. The SMILES string of the molecule is CC.CCCN.N#CN1CC2CCCCC2CC1c1ccccc1NC=O. The number of nitrogens with zero attached hydrogens (tertiary/aromatic N) is 2. The molecule has 1 saturated heterocycles. The fourth-order valence-electron chi connectivity index (χ4n) is 4.02. The lowest BCUT2D eigenvalue weighted by Crippen LogP contribution is -2.41. The van der Waals surface area contributed by atoms with E-state index in [-0.39, 0.29) is 6.04 Å². The molecule has 3 rings (SSSR count). The van der Waals surface area contributed by atoms with E-state index in [2.05, 4.69) is 18.4 Å². The van der Waals surface area contributed by atoms with Gasteiger partial charge >= 0.3 is 0 Å². The van der Waals surface area contributed by atoms with Gasteiger partial charge in [0.25, 0.3) is 0 Å². The molecule has 150 valence electrons. The van der Waals surface area contributed by atoms with E-state index in [0.29, 0.717) is 12.3 Å². The molecule has 5 heteroatoms. The van der Waals surface area contributed by atoms with Crippen LogP contribution in [0.3, 0.4) is 0 Å². The first-order chi connectivity index (χ1) is 13.2. The van der Waals surface area contributed by atoms with Crippen molar-refractivity contribution in [3.63, 3.8) is 0 Å². The van der Waals surface area contributed by atoms with Gasteiger partial charge in [-0.25, -0.2) is 0 Å². The average molecular weight is 373 g/mol. The number of fused-ring (bicyclic) bond motifs is 1. The van der Waals surface area contributed by atoms with Crippen LogP contribution >= 0.6 is 0 Å². The van der Waals surface area contributed by atoms with E-state index < -0.39 is 0 Å². The van der Waals surface area contributed by atoms with Crippen molar-refractivity contribution in [2.75, 3.05) is 18.4 Å². The van der Waals surface area contributed by atoms with E-state index in [1.165, 1.54) is 25.7 Å². The molecule has 1 heterocycles. The Kier molecular flexibility index (Phi) is 11.2. The minimum Gasteiger partial charge on any atom is -0.330 e. The maximum absolute atomic E-state index is 10.8. The Morgan fingerprint density at radius 2 is 1.89 bits per heavy atom. The van der Waals surface area contributed by atoms with Crippen LogP contribution in [0.15, 0.2) is 24.3 Å². The van der Waals surface area contributed by atoms with E-state index >= 15 is 0 Å². The summed E-state index contributed by atoms with van der Waals surface area (Å²) in [5.41, 5.74) is 6.92. The molecule has 1 aliphatic carbocycles. The lowest BCUT2D eigenvalue weighted by atomic mass is 9.72. The fraction of sp³-hybridized carbons (Fsp3) is 0.636. The monoisotopic (exact) mass is 372 g/mol. The number of carbonyl (C=O) groups excluding carboxylic acids is 1. The number of piperidine rings is 1. The second-order valence-electron chi connectivity index (χ2n) is 6.95. The van der Waals surface area contributed by atoms with Crippen molar-refractivity contribution in [2.24, 2.45) is 17.6 Å². The van der Waals surface area contributed by atoms with Crippen molar-refractivity contribution < 1.29 is 4.79 Å². The number of carbonyl (C=O) groups is 1. The highest BCUT2D eigenvalue weighted by atomic mass is 16.1. The van der Waals surface area contributed by atoms with E-state index in [1.54, 1.807) is 0 Å². The summed E-state index contributed by atoms with van der Waals surface area (Å²) < 4.78 is 0. The summed E-state index contributed by atoms with van der Waals surface area (Å²) in [5.74, 6) is 1.39. The quantitative estimate of drug-likeness (QED) is 0.594. The van der Waals surface area contributed by atoms with Crippen molar-refractivity contribution in [1.29, 1.82) is 5.26 Å². The third-order valence-electron chi connectivity index (χ3n) is 5.35. The number of hydrogen-bond donors (Lipinski definition) is 2. The summed E-state index contributed by atoms with van der Waals surface area (Å²) in [6, 6.07) is 7.93. The van der Waals surface area contributed by atoms with Crippen LogP contribution in [0, 0.1) is 23.3 Å². The van der Waals surface area contributed by atoms with Gasteiger partial charge in [0.15, 0.2) is 6.19 Å². The Morgan fingerprint density at radius 1 is 1.26 bits per heavy atom. The molecule has 5 nitrogen and oxygen atoms in total. The Balaban J connectivity index is 0.000000541. The summed E-state index contributed by atoms with van der Waals surface area (Å²) in [6.45, 7) is 7.74. The second-order valence-corrected chi connectivity index (χ2v) is 6.95. The Hall–Kier alpha value is -2.06. The van der Waals surface area contributed by atoms with Gasteiger partial charge in [-0.1, -0.05) is 58.2 Å². The fourth-order valence-corrected chi connectivity index (χ4v) is 4.02. The smallest absolute Gasteiger partial charge is 0.211 e. The van der Waals surface area contributed by atoms with Crippen LogP contribution in [0.1, 0.15) is 70.9 Å². The molecule has 3 N–H and O–H groups in total. The van der Waals surface area contributed by atoms with Gasteiger partial charge in [-0.05, 0) is 49.3 Å². The molecule has 1 saturated carbocycles. The molecular weight excluding hydrogens is 336 g/mol. The van der Waals surface area contributed by atoms with Gasteiger partial charge in [-0.15, -0.1) is 0 Å². The summed E-state index contributed by atoms with van der Waals surface area (Å²) in [6.07, 6.45) is 10.4. The van der Waals surface area contributed by atoms with E-state index in [9.17, 15) is 10.1 Å². The number of anilines is 1. The van der Waals surface area contributed by atoms with Gasteiger partial charge in [0.2, 0.25) is 6.41 Å². The minimum absolute atomic E-state index is 0.0954. The van der Waals surface area contributed by atoms with Gasteiger partial charge in [-0.3, -0.25) is 4.79 Å². The topological polar surface area (TPSA) is 82.2 Å². The number of benzene rings is 1.